The van der Waals surface area contributed by atoms with Crippen molar-refractivity contribution in [3.05, 3.63) is 58.7 Å². The van der Waals surface area contributed by atoms with Gasteiger partial charge in [-0.1, -0.05) is 90.0 Å². The van der Waals surface area contributed by atoms with Crippen LogP contribution in [0, 0.1) is 0 Å². The normalized spacial score (nSPS) is 18.6. The molecule has 0 spiro atoms. The van der Waals surface area contributed by atoms with E-state index in [1.54, 1.807) is 16.7 Å². The van der Waals surface area contributed by atoms with E-state index < -0.39 is 0 Å². The van der Waals surface area contributed by atoms with Crippen molar-refractivity contribution in [3.8, 4) is 0 Å². The smallest absolute Gasteiger partial charge is 0.0394 e. The third-order valence-corrected chi connectivity index (χ3v) is 4.29. The third kappa shape index (κ3) is 6.82. The summed E-state index contributed by atoms with van der Waals surface area (Å²) in [6.07, 6.45) is 8.10. The van der Waals surface area contributed by atoms with Gasteiger partial charge in [0.05, 0.1) is 0 Å². The molecule has 1 aromatic rings. The van der Waals surface area contributed by atoms with Gasteiger partial charge in [-0.05, 0) is 43.4 Å². The van der Waals surface area contributed by atoms with Crippen molar-refractivity contribution in [2.75, 3.05) is 13.1 Å². The molecule has 0 amide bonds. The molecule has 1 aromatic carbocycles. The number of fused-ring (bicyclic) bond motifs is 3. The van der Waals surface area contributed by atoms with Crippen LogP contribution in [0.1, 0.15) is 85.4 Å². The van der Waals surface area contributed by atoms with Gasteiger partial charge in [0.1, 0.15) is 0 Å². The predicted octanol–water partition coefficient (Wildman–Crippen LogP) is 7.35. The zero-order valence-electron chi connectivity index (χ0n) is 18.0. The maximum atomic E-state index is 2.64. The lowest BCUT2D eigenvalue weighted by molar-refractivity contribution is 0.188. The second kappa shape index (κ2) is 13.9. The summed E-state index contributed by atoms with van der Waals surface area (Å²) in [5.41, 5.74) is 6.19. The molecule has 142 valence electrons. The molecule has 0 radical (unpaired) electrons. The highest BCUT2D eigenvalue weighted by molar-refractivity contribution is 5.38. The van der Waals surface area contributed by atoms with Crippen LogP contribution in [0.15, 0.2) is 47.6 Å². The van der Waals surface area contributed by atoms with Gasteiger partial charge in [0.2, 0.25) is 0 Å². The van der Waals surface area contributed by atoms with Crippen LogP contribution in [0.5, 0.6) is 0 Å². The molecule has 2 aliphatic heterocycles. The second-order valence-electron chi connectivity index (χ2n) is 6.15. The molecule has 1 atom stereocenters. The molecule has 2 heterocycles. The zero-order valence-corrected chi connectivity index (χ0v) is 18.0. The van der Waals surface area contributed by atoms with Crippen LogP contribution in [-0.4, -0.2) is 18.0 Å². The van der Waals surface area contributed by atoms with Gasteiger partial charge in [-0.3, -0.25) is 4.90 Å². The van der Waals surface area contributed by atoms with Gasteiger partial charge in [-0.25, -0.2) is 0 Å². The first-order valence-electron chi connectivity index (χ1n) is 10.3. The Bertz CT molecular complexity index is 525. The molecule has 0 saturated carbocycles. The minimum absolute atomic E-state index is 0.602. The second-order valence-corrected chi connectivity index (χ2v) is 6.15. The van der Waals surface area contributed by atoms with E-state index in [0.29, 0.717) is 6.04 Å². The molecule has 1 nitrogen and oxygen atoms in total. The molecule has 0 fully saturated rings. The fourth-order valence-corrected chi connectivity index (χ4v) is 3.33. The SMILES string of the molecule is C/C=C\C1=C(C)CN2CCc3ccccc3C2C1.CC.CC.CCC. The molecule has 0 bridgehead atoms. The third-order valence-electron chi connectivity index (χ3n) is 4.29. The molecular weight excluding hydrogens is 302 g/mol. The number of benzene rings is 1. The van der Waals surface area contributed by atoms with E-state index >= 15 is 0 Å². The Kier molecular flexibility index (Phi) is 13.2. The van der Waals surface area contributed by atoms with Gasteiger partial charge >= 0.3 is 0 Å². The average molecular weight is 344 g/mol. The average Bonchev–Trinajstić information content (AvgIpc) is 2.66. The Labute approximate surface area is 157 Å². The van der Waals surface area contributed by atoms with Gasteiger partial charge in [-0.15, -0.1) is 0 Å². The van der Waals surface area contributed by atoms with E-state index in [-0.39, 0.29) is 0 Å². The number of hydrogen-bond donors (Lipinski definition) is 0. The maximum Gasteiger partial charge on any atom is 0.0394 e. The van der Waals surface area contributed by atoms with Gasteiger partial charge in [0.15, 0.2) is 0 Å². The zero-order chi connectivity index (χ0) is 19.2. The molecular formula is C24H41N. The standard InChI is InChI=1S/C17H21N.C3H8.2C2H6/c1-3-6-15-11-17-16-8-5-4-7-14(16)9-10-18(17)12-13(15)2;1-3-2;2*1-2/h3-8,17H,9-12H2,1-2H3;3H2,1-2H3;2*1-2H3/b6-3-;;;. The van der Waals surface area contributed by atoms with Crippen molar-refractivity contribution in [1.82, 2.24) is 4.90 Å². The number of allylic oxidation sites excluding steroid dienone is 2. The van der Waals surface area contributed by atoms with Gasteiger partial charge in [0, 0.05) is 19.1 Å². The highest BCUT2D eigenvalue weighted by Crippen LogP contribution is 2.38. The Balaban J connectivity index is 0.000000728. The van der Waals surface area contributed by atoms with Crippen molar-refractivity contribution in [2.45, 2.75) is 80.7 Å². The van der Waals surface area contributed by atoms with Crippen LogP contribution >= 0.6 is 0 Å². The summed E-state index contributed by atoms with van der Waals surface area (Å²) in [5, 5.41) is 0. The van der Waals surface area contributed by atoms with Crippen molar-refractivity contribution in [3.63, 3.8) is 0 Å². The minimum atomic E-state index is 0.602. The first kappa shape index (κ1) is 23.7. The molecule has 2 aliphatic rings. The van der Waals surface area contributed by atoms with E-state index in [1.165, 1.54) is 31.4 Å². The summed E-state index contributed by atoms with van der Waals surface area (Å²) < 4.78 is 0. The lowest BCUT2D eigenvalue weighted by atomic mass is 9.84. The number of rotatable bonds is 1. The fourth-order valence-electron chi connectivity index (χ4n) is 3.33. The quantitative estimate of drug-likeness (QED) is 0.515. The van der Waals surface area contributed by atoms with Crippen molar-refractivity contribution < 1.29 is 0 Å². The molecule has 0 aromatic heterocycles. The largest absolute Gasteiger partial charge is 0.292 e. The fraction of sp³-hybridized carbons (Fsp3) is 0.583. The monoisotopic (exact) mass is 343 g/mol. The van der Waals surface area contributed by atoms with Crippen molar-refractivity contribution in [2.24, 2.45) is 0 Å². The Morgan fingerprint density at radius 3 is 2.28 bits per heavy atom. The van der Waals surface area contributed by atoms with Crippen LogP contribution in [-0.2, 0) is 6.42 Å². The number of nitrogens with zero attached hydrogens (tertiary/aromatic N) is 1. The van der Waals surface area contributed by atoms with E-state index in [0.717, 1.165) is 6.54 Å². The summed E-state index contributed by atoms with van der Waals surface area (Å²) in [6.45, 7) is 19.0. The van der Waals surface area contributed by atoms with Crippen molar-refractivity contribution >= 4 is 0 Å². The molecule has 1 unspecified atom stereocenters. The lowest BCUT2D eigenvalue weighted by Crippen LogP contribution is -2.39. The Hall–Kier alpha value is -1.34. The summed E-state index contributed by atoms with van der Waals surface area (Å²) in [5.74, 6) is 0. The number of hydrogen-bond acceptors (Lipinski definition) is 1. The van der Waals surface area contributed by atoms with Crippen LogP contribution in [0.4, 0.5) is 0 Å². The topological polar surface area (TPSA) is 3.24 Å². The molecule has 3 rings (SSSR count). The van der Waals surface area contributed by atoms with Gasteiger partial charge in [0.25, 0.3) is 0 Å². The first-order chi connectivity index (χ1) is 12.2. The van der Waals surface area contributed by atoms with Gasteiger partial charge in [-0.2, -0.15) is 0 Å². The van der Waals surface area contributed by atoms with Crippen LogP contribution in [0.25, 0.3) is 0 Å². The van der Waals surface area contributed by atoms with Crippen molar-refractivity contribution in [1.29, 1.82) is 0 Å². The Morgan fingerprint density at radius 2 is 1.68 bits per heavy atom. The van der Waals surface area contributed by atoms with E-state index in [4.69, 9.17) is 0 Å². The molecule has 25 heavy (non-hydrogen) atoms. The molecule has 0 saturated heterocycles. The van der Waals surface area contributed by atoms with E-state index in [9.17, 15) is 0 Å². The first-order valence-corrected chi connectivity index (χ1v) is 10.3. The lowest BCUT2D eigenvalue weighted by Gasteiger charge is -2.41. The van der Waals surface area contributed by atoms with Crippen LogP contribution in [0.3, 0.4) is 0 Å². The summed E-state index contributed by atoms with van der Waals surface area (Å²) in [6, 6.07) is 9.58. The molecule has 0 N–H and O–H groups in total. The maximum absolute atomic E-state index is 2.64. The van der Waals surface area contributed by atoms with Crippen LogP contribution < -0.4 is 0 Å². The van der Waals surface area contributed by atoms with E-state index in [2.05, 4.69) is 69.0 Å². The highest BCUT2D eigenvalue weighted by Gasteiger charge is 2.30. The summed E-state index contributed by atoms with van der Waals surface area (Å²) in [7, 11) is 0. The highest BCUT2D eigenvalue weighted by atomic mass is 15.2. The Morgan fingerprint density at radius 1 is 1.08 bits per heavy atom. The summed E-state index contributed by atoms with van der Waals surface area (Å²) in [4.78, 5) is 2.64. The molecule has 1 heteroatoms. The van der Waals surface area contributed by atoms with E-state index in [1.807, 2.05) is 27.7 Å². The summed E-state index contributed by atoms with van der Waals surface area (Å²) >= 11 is 0. The van der Waals surface area contributed by atoms with Gasteiger partial charge < -0.3 is 0 Å². The van der Waals surface area contributed by atoms with Crippen LogP contribution in [0.2, 0.25) is 0 Å². The molecule has 0 aliphatic carbocycles. The minimum Gasteiger partial charge on any atom is -0.292 e. The predicted molar refractivity (Wildman–Crippen MR) is 115 cm³/mol.